The smallest absolute Gasteiger partial charge is 0.326 e. The molecule has 0 atom stereocenters. The van der Waals surface area contributed by atoms with E-state index in [-0.39, 0.29) is 6.54 Å². The molecule has 3 aromatic carbocycles. The van der Waals surface area contributed by atoms with E-state index in [9.17, 15) is 13.2 Å². The lowest BCUT2D eigenvalue weighted by Gasteiger charge is -2.16. The van der Waals surface area contributed by atoms with Crippen molar-refractivity contribution in [2.45, 2.75) is 32.1 Å². The number of carbonyl (C=O) groups is 1. The molecule has 0 spiro atoms. The number of carbonyl (C=O) groups excluding carboxylic acids is 1. The number of nitrogens with zero attached hydrogens (tertiary/aromatic N) is 4. The molecule has 1 aromatic heterocycles. The fraction of sp³-hybridized carbons (Fsp3) is 0.171. The fourth-order valence-electron chi connectivity index (χ4n) is 5.66. The number of nitrogens with two attached hydrogens (primary N) is 1. The second kappa shape index (κ2) is 13.6. The van der Waals surface area contributed by atoms with Gasteiger partial charge >= 0.3 is 10.2 Å². The quantitative estimate of drug-likeness (QED) is 0.145. The topological polar surface area (TPSA) is 123 Å². The van der Waals surface area contributed by atoms with E-state index in [1.54, 1.807) is 30.3 Å². The van der Waals surface area contributed by atoms with Crippen LogP contribution in [0.25, 0.3) is 22.6 Å². The van der Waals surface area contributed by atoms with E-state index < -0.39 is 16.1 Å². The monoisotopic (exact) mass is 686 g/mol. The van der Waals surface area contributed by atoms with Gasteiger partial charge in [-0.05, 0) is 97.7 Å². The number of hydrogen-bond acceptors (Lipinski definition) is 6. The molecule has 0 bridgehead atoms. The summed E-state index contributed by atoms with van der Waals surface area (Å²) in [6.07, 6.45) is 12.7. The summed E-state index contributed by atoms with van der Waals surface area (Å²) in [4.78, 5) is 21.0. The zero-order valence-corrected chi connectivity index (χ0v) is 27.7. The summed E-state index contributed by atoms with van der Waals surface area (Å²) in [6, 6.07) is 20.0. The van der Waals surface area contributed by atoms with Crippen molar-refractivity contribution in [1.29, 1.82) is 0 Å². The van der Waals surface area contributed by atoms with Crippen molar-refractivity contribution in [3.05, 3.63) is 129 Å². The predicted molar refractivity (Wildman–Crippen MR) is 189 cm³/mol. The minimum Gasteiger partial charge on any atom is -0.398 e. The molecule has 2 heterocycles. The van der Waals surface area contributed by atoms with Crippen LogP contribution in [0.4, 0.5) is 5.69 Å². The Bertz CT molecular complexity index is 2070. The molecule has 0 saturated carbocycles. The average molecular weight is 688 g/mol. The maximum Gasteiger partial charge on any atom is 0.326 e. The molecule has 4 aromatic rings. The SMILES string of the molecule is C=N/C(=C\C=C(/N)c1ccc(Cc2nc(-c3ccc(Cl)cc3Cl)cn2-c2cccc(N3CC(=O)NS3(=O)=O)c2)cc1)C1=CCCCC1. The number of benzene rings is 3. The highest BCUT2D eigenvalue weighted by atomic mass is 35.5. The number of anilines is 1. The lowest BCUT2D eigenvalue weighted by atomic mass is 9.97. The summed E-state index contributed by atoms with van der Waals surface area (Å²) in [7, 11) is -3.97. The first-order valence-corrected chi connectivity index (χ1v) is 17.2. The number of rotatable bonds is 9. The van der Waals surface area contributed by atoms with E-state index >= 15 is 0 Å². The minimum atomic E-state index is -3.97. The van der Waals surface area contributed by atoms with Gasteiger partial charge in [-0.25, -0.2) is 14.0 Å². The number of imidazole rings is 1. The van der Waals surface area contributed by atoms with Crippen LogP contribution in [-0.4, -0.2) is 37.1 Å². The van der Waals surface area contributed by atoms with Crippen molar-refractivity contribution in [2.24, 2.45) is 10.7 Å². The van der Waals surface area contributed by atoms with Gasteiger partial charge in [0.2, 0.25) is 0 Å². The van der Waals surface area contributed by atoms with Gasteiger partial charge < -0.3 is 10.3 Å². The number of nitrogens with one attached hydrogen (secondary N) is 1. The van der Waals surface area contributed by atoms with Gasteiger partial charge in [0.05, 0.1) is 22.1 Å². The van der Waals surface area contributed by atoms with Crippen LogP contribution in [0.15, 0.2) is 107 Å². The van der Waals surface area contributed by atoms with Gasteiger partial charge in [-0.1, -0.05) is 59.6 Å². The maximum atomic E-state index is 12.5. The molecular formula is C35H32Cl2N6O3S. The van der Waals surface area contributed by atoms with Crippen molar-refractivity contribution in [3.63, 3.8) is 0 Å². The molecule has 0 unspecified atom stereocenters. The third kappa shape index (κ3) is 7.20. The molecule has 1 saturated heterocycles. The van der Waals surface area contributed by atoms with Crippen LogP contribution in [0.1, 0.15) is 42.6 Å². The molecule has 0 radical (unpaired) electrons. The Kier molecular flexibility index (Phi) is 9.35. The summed E-state index contributed by atoms with van der Waals surface area (Å²) >= 11 is 12.7. The highest BCUT2D eigenvalue weighted by Gasteiger charge is 2.34. The number of hydrogen-bond donors (Lipinski definition) is 2. The van der Waals surface area contributed by atoms with Crippen molar-refractivity contribution < 1.29 is 13.2 Å². The molecule has 1 aliphatic heterocycles. The molecule has 1 aliphatic carbocycles. The second-order valence-corrected chi connectivity index (χ2v) is 13.7. The van der Waals surface area contributed by atoms with Gasteiger partial charge in [-0.3, -0.25) is 9.79 Å². The standard InChI is InChI=1S/C35H32Cl2N6O3S/c1-39-32(25-6-3-2-4-7-25)17-16-31(38)24-12-10-23(11-13-24)18-34-40-33(29-15-14-26(36)19-30(29)37)21-42(34)27-8-5-9-28(20-27)43-22-35(44)41-47(43,45)46/h5-6,8-17,19-21H,1-4,7,18,22,38H2,(H,41,44)/b31-16-,32-17-. The molecular weight excluding hydrogens is 655 g/mol. The van der Waals surface area contributed by atoms with Gasteiger partial charge in [-0.15, -0.1) is 0 Å². The Morgan fingerprint density at radius 1 is 1.04 bits per heavy atom. The molecule has 1 fully saturated rings. The molecule has 47 heavy (non-hydrogen) atoms. The number of amides is 1. The Balaban J connectivity index is 1.32. The lowest BCUT2D eigenvalue weighted by molar-refractivity contribution is -0.117. The van der Waals surface area contributed by atoms with Crippen LogP contribution in [0.2, 0.25) is 10.0 Å². The summed E-state index contributed by atoms with van der Waals surface area (Å²) in [6.45, 7) is 3.44. The highest BCUT2D eigenvalue weighted by molar-refractivity contribution is 7.92. The van der Waals surface area contributed by atoms with Crippen LogP contribution in [0.3, 0.4) is 0 Å². The van der Waals surface area contributed by atoms with E-state index in [2.05, 4.69) is 17.8 Å². The van der Waals surface area contributed by atoms with Crippen molar-refractivity contribution >= 4 is 57.4 Å². The third-order valence-electron chi connectivity index (χ3n) is 8.06. The van der Waals surface area contributed by atoms with E-state index in [1.165, 1.54) is 12.0 Å². The zero-order chi connectivity index (χ0) is 33.1. The van der Waals surface area contributed by atoms with Crippen molar-refractivity contribution in [3.8, 4) is 16.9 Å². The van der Waals surface area contributed by atoms with E-state index in [1.807, 2.05) is 64.0 Å². The number of halogens is 2. The predicted octanol–water partition coefficient (Wildman–Crippen LogP) is 7.00. The minimum absolute atomic E-state index is 0.294. The lowest BCUT2D eigenvalue weighted by Crippen LogP contribution is -2.29. The largest absolute Gasteiger partial charge is 0.398 e. The number of aliphatic imine (C=N–C) groups is 1. The van der Waals surface area contributed by atoms with Crippen LogP contribution < -0.4 is 14.8 Å². The van der Waals surface area contributed by atoms with E-state index in [0.29, 0.717) is 50.6 Å². The van der Waals surface area contributed by atoms with Gasteiger partial charge in [-0.2, -0.15) is 8.42 Å². The van der Waals surface area contributed by atoms with Gasteiger partial charge in [0.1, 0.15) is 12.4 Å². The molecule has 9 nitrogen and oxygen atoms in total. The second-order valence-electron chi connectivity index (χ2n) is 11.3. The summed E-state index contributed by atoms with van der Waals surface area (Å²) in [5.74, 6) is 0.0936. The van der Waals surface area contributed by atoms with Crippen LogP contribution in [-0.2, 0) is 21.4 Å². The summed E-state index contributed by atoms with van der Waals surface area (Å²) in [5.41, 5.74) is 13.3. The van der Waals surface area contributed by atoms with Gasteiger partial charge in [0.25, 0.3) is 5.91 Å². The fourth-order valence-corrected chi connectivity index (χ4v) is 7.31. The van der Waals surface area contributed by atoms with Gasteiger partial charge in [0, 0.05) is 34.6 Å². The number of allylic oxidation sites excluding steroid dienone is 4. The van der Waals surface area contributed by atoms with Crippen LogP contribution in [0.5, 0.6) is 0 Å². The molecule has 6 rings (SSSR count). The Morgan fingerprint density at radius 2 is 1.83 bits per heavy atom. The molecule has 3 N–H and O–H groups in total. The molecule has 2 aliphatic rings. The van der Waals surface area contributed by atoms with E-state index in [4.69, 9.17) is 33.9 Å². The molecule has 240 valence electrons. The van der Waals surface area contributed by atoms with Crippen molar-refractivity contribution in [2.75, 3.05) is 10.8 Å². The van der Waals surface area contributed by atoms with Crippen LogP contribution in [0, 0.1) is 0 Å². The van der Waals surface area contributed by atoms with Crippen LogP contribution >= 0.6 is 23.2 Å². The average Bonchev–Trinajstić information content (AvgIpc) is 3.60. The first kappa shape index (κ1) is 32.3. The van der Waals surface area contributed by atoms with Crippen molar-refractivity contribution in [1.82, 2.24) is 14.3 Å². The first-order valence-electron chi connectivity index (χ1n) is 15.0. The Morgan fingerprint density at radius 3 is 2.51 bits per heavy atom. The zero-order valence-electron chi connectivity index (χ0n) is 25.4. The Labute approximate surface area is 283 Å². The summed E-state index contributed by atoms with van der Waals surface area (Å²) in [5, 5.41) is 0.957. The normalized spacial score (nSPS) is 16.6. The highest BCUT2D eigenvalue weighted by Crippen LogP contribution is 2.32. The Hall–Kier alpha value is -4.64. The first-order chi connectivity index (χ1) is 22.6. The van der Waals surface area contributed by atoms with E-state index in [0.717, 1.165) is 40.4 Å². The summed E-state index contributed by atoms with van der Waals surface area (Å²) < 4.78 is 30.0. The molecule has 1 amide bonds. The number of aromatic nitrogens is 2. The van der Waals surface area contributed by atoms with Gasteiger partial charge in [0.15, 0.2) is 0 Å². The third-order valence-corrected chi connectivity index (χ3v) is 10.0. The molecule has 12 heteroatoms. The maximum absolute atomic E-state index is 12.5.